The molecule has 0 saturated carbocycles. The van der Waals surface area contributed by atoms with Crippen LogP contribution in [0.2, 0.25) is 0 Å². The Labute approximate surface area is 133 Å². The van der Waals surface area contributed by atoms with E-state index in [2.05, 4.69) is 52.0 Å². The SMILES string of the molecule is CCCC(C)CCCc1ccc(CCCC(C)CC)cc1. The van der Waals surface area contributed by atoms with Crippen molar-refractivity contribution in [3.8, 4) is 0 Å². The molecule has 2 unspecified atom stereocenters. The first kappa shape index (κ1) is 18.3. The highest BCUT2D eigenvalue weighted by atomic mass is 14.1. The standard InChI is InChI=1S/C21H36/c1-5-9-19(4)11-8-13-21-16-14-20(15-17-21)12-7-10-18(3)6-2/h14-19H,5-13H2,1-4H3. The molecule has 1 aromatic rings. The summed E-state index contributed by atoms with van der Waals surface area (Å²) in [5.74, 6) is 1.78. The van der Waals surface area contributed by atoms with Crippen molar-refractivity contribution in [1.29, 1.82) is 0 Å². The Hall–Kier alpha value is -0.780. The van der Waals surface area contributed by atoms with Crippen molar-refractivity contribution in [1.82, 2.24) is 0 Å². The minimum Gasteiger partial charge on any atom is -0.0654 e. The second-order valence-corrected chi connectivity index (χ2v) is 7.01. The van der Waals surface area contributed by atoms with Crippen LogP contribution in [0.5, 0.6) is 0 Å². The van der Waals surface area contributed by atoms with Crippen molar-refractivity contribution in [2.24, 2.45) is 11.8 Å². The topological polar surface area (TPSA) is 0 Å². The van der Waals surface area contributed by atoms with Crippen molar-refractivity contribution in [3.05, 3.63) is 35.4 Å². The Bertz CT molecular complexity index is 349. The molecule has 0 aliphatic heterocycles. The van der Waals surface area contributed by atoms with Gasteiger partial charge in [-0.1, -0.05) is 84.1 Å². The van der Waals surface area contributed by atoms with Gasteiger partial charge in [0.1, 0.15) is 0 Å². The fourth-order valence-corrected chi connectivity index (χ4v) is 3.02. The molecule has 0 bridgehead atoms. The molecule has 0 heteroatoms. The van der Waals surface area contributed by atoms with Crippen molar-refractivity contribution < 1.29 is 0 Å². The summed E-state index contributed by atoms with van der Waals surface area (Å²) in [5.41, 5.74) is 3.03. The van der Waals surface area contributed by atoms with E-state index in [0.717, 1.165) is 11.8 Å². The van der Waals surface area contributed by atoms with Gasteiger partial charge in [-0.05, 0) is 48.6 Å². The van der Waals surface area contributed by atoms with Crippen LogP contribution < -0.4 is 0 Å². The molecule has 0 aliphatic rings. The largest absolute Gasteiger partial charge is 0.0654 e. The summed E-state index contributed by atoms with van der Waals surface area (Å²) < 4.78 is 0. The lowest BCUT2D eigenvalue weighted by Gasteiger charge is -2.10. The number of hydrogen-bond donors (Lipinski definition) is 0. The van der Waals surface area contributed by atoms with Gasteiger partial charge in [-0.2, -0.15) is 0 Å². The zero-order valence-electron chi connectivity index (χ0n) is 14.8. The first-order chi connectivity index (χ1) is 10.2. The predicted molar refractivity (Wildman–Crippen MR) is 95.8 cm³/mol. The molecule has 0 N–H and O–H groups in total. The molecule has 120 valence electrons. The van der Waals surface area contributed by atoms with Gasteiger partial charge in [-0.15, -0.1) is 0 Å². The highest BCUT2D eigenvalue weighted by Crippen LogP contribution is 2.17. The van der Waals surface area contributed by atoms with E-state index >= 15 is 0 Å². The first-order valence-corrected chi connectivity index (χ1v) is 9.23. The number of benzene rings is 1. The lowest BCUT2D eigenvalue weighted by Crippen LogP contribution is -1.96. The van der Waals surface area contributed by atoms with Gasteiger partial charge in [-0.3, -0.25) is 0 Å². The third-order valence-corrected chi connectivity index (χ3v) is 4.83. The molecule has 0 amide bonds. The molecule has 0 aromatic heterocycles. The normalized spacial score (nSPS) is 14.1. The second-order valence-electron chi connectivity index (χ2n) is 7.01. The molecule has 1 rings (SSSR count). The Kier molecular flexibility index (Phi) is 9.46. The predicted octanol–water partition coefficient (Wildman–Crippen LogP) is 6.81. The lowest BCUT2D eigenvalue weighted by molar-refractivity contribution is 0.469. The molecule has 0 spiro atoms. The van der Waals surface area contributed by atoms with Crippen LogP contribution in [-0.2, 0) is 12.8 Å². The Morgan fingerprint density at radius 3 is 1.62 bits per heavy atom. The van der Waals surface area contributed by atoms with Crippen molar-refractivity contribution >= 4 is 0 Å². The molecule has 0 aliphatic carbocycles. The summed E-state index contributed by atoms with van der Waals surface area (Å²) in [6.45, 7) is 9.34. The smallest absolute Gasteiger partial charge is 0.0279 e. The third kappa shape index (κ3) is 8.29. The van der Waals surface area contributed by atoms with Crippen molar-refractivity contribution in [2.75, 3.05) is 0 Å². The third-order valence-electron chi connectivity index (χ3n) is 4.83. The quantitative estimate of drug-likeness (QED) is 0.419. The van der Waals surface area contributed by atoms with Crippen molar-refractivity contribution in [3.63, 3.8) is 0 Å². The van der Waals surface area contributed by atoms with Gasteiger partial charge in [-0.25, -0.2) is 0 Å². The number of hydrogen-bond acceptors (Lipinski definition) is 0. The fraction of sp³-hybridized carbons (Fsp3) is 0.714. The second kappa shape index (κ2) is 10.9. The molecule has 0 radical (unpaired) electrons. The average molecular weight is 289 g/mol. The van der Waals surface area contributed by atoms with E-state index in [0.29, 0.717) is 0 Å². The molecule has 21 heavy (non-hydrogen) atoms. The maximum absolute atomic E-state index is 2.39. The Morgan fingerprint density at radius 2 is 1.19 bits per heavy atom. The van der Waals surface area contributed by atoms with Crippen LogP contribution in [0.15, 0.2) is 24.3 Å². The van der Waals surface area contributed by atoms with Gasteiger partial charge in [0, 0.05) is 0 Å². The highest BCUT2D eigenvalue weighted by Gasteiger charge is 2.02. The van der Waals surface area contributed by atoms with E-state index in [1.807, 2.05) is 0 Å². The van der Waals surface area contributed by atoms with E-state index in [1.54, 1.807) is 0 Å². The van der Waals surface area contributed by atoms with Crippen LogP contribution in [0.25, 0.3) is 0 Å². The van der Waals surface area contributed by atoms with Gasteiger partial charge in [0.2, 0.25) is 0 Å². The van der Waals surface area contributed by atoms with Gasteiger partial charge in [0.15, 0.2) is 0 Å². The molecule has 0 saturated heterocycles. The van der Waals surface area contributed by atoms with E-state index < -0.39 is 0 Å². The molecular formula is C21H36. The number of rotatable bonds is 11. The van der Waals surface area contributed by atoms with Gasteiger partial charge in [0.25, 0.3) is 0 Å². The fourth-order valence-electron chi connectivity index (χ4n) is 3.02. The van der Waals surface area contributed by atoms with E-state index in [4.69, 9.17) is 0 Å². The van der Waals surface area contributed by atoms with Crippen LogP contribution >= 0.6 is 0 Å². The van der Waals surface area contributed by atoms with Crippen LogP contribution in [-0.4, -0.2) is 0 Å². The summed E-state index contributed by atoms with van der Waals surface area (Å²) in [5, 5.41) is 0. The zero-order valence-corrected chi connectivity index (χ0v) is 14.8. The first-order valence-electron chi connectivity index (χ1n) is 9.23. The molecule has 0 fully saturated rings. The Balaban J connectivity index is 2.24. The maximum atomic E-state index is 2.39. The number of aryl methyl sites for hydroxylation is 2. The molecule has 2 atom stereocenters. The average Bonchev–Trinajstić information content (AvgIpc) is 2.49. The van der Waals surface area contributed by atoms with E-state index in [1.165, 1.54) is 68.9 Å². The van der Waals surface area contributed by atoms with Gasteiger partial charge < -0.3 is 0 Å². The van der Waals surface area contributed by atoms with Crippen LogP contribution in [0.1, 0.15) is 83.8 Å². The lowest BCUT2D eigenvalue weighted by atomic mass is 9.96. The summed E-state index contributed by atoms with van der Waals surface area (Å²) in [4.78, 5) is 0. The van der Waals surface area contributed by atoms with Gasteiger partial charge >= 0.3 is 0 Å². The molecular weight excluding hydrogens is 252 g/mol. The van der Waals surface area contributed by atoms with Crippen LogP contribution in [0, 0.1) is 11.8 Å². The van der Waals surface area contributed by atoms with E-state index in [-0.39, 0.29) is 0 Å². The molecule has 1 aromatic carbocycles. The molecule has 0 heterocycles. The minimum atomic E-state index is 0.884. The van der Waals surface area contributed by atoms with Gasteiger partial charge in [0.05, 0.1) is 0 Å². The van der Waals surface area contributed by atoms with E-state index in [9.17, 15) is 0 Å². The summed E-state index contributed by atoms with van der Waals surface area (Å²) in [6, 6.07) is 9.40. The van der Waals surface area contributed by atoms with Crippen LogP contribution in [0.4, 0.5) is 0 Å². The minimum absolute atomic E-state index is 0.884. The summed E-state index contributed by atoms with van der Waals surface area (Å²) >= 11 is 0. The van der Waals surface area contributed by atoms with Crippen LogP contribution in [0.3, 0.4) is 0 Å². The highest BCUT2D eigenvalue weighted by molar-refractivity contribution is 5.22. The summed E-state index contributed by atoms with van der Waals surface area (Å²) in [7, 11) is 0. The monoisotopic (exact) mass is 288 g/mol. The molecule has 0 nitrogen and oxygen atoms in total. The zero-order chi connectivity index (χ0) is 15.5. The Morgan fingerprint density at radius 1 is 0.714 bits per heavy atom. The van der Waals surface area contributed by atoms with Crippen molar-refractivity contribution in [2.45, 2.75) is 85.5 Å². The summed E-state index contributed by atoms with van der Waals surface area (Å²) in [6.07, 6.45) is 12.0. The maximum Gasteiger partial charge on any atom is -0.0279 e.